The molecular weight excluding hydrogens is 186 g/mol. The summed E-state index contributed by atoms with van der Waals surface area (Å²) in [6, 6.07) is 0. The molecule has 1 atom stereocenters. The summed E-state index contributed by atoms with van der Waals surface area (Å²) in [6.45, 7) is 14.4. The highest BCUT2D eigenvalue weighted by Gasteiger charge is 2.33. The van der Waals surface area contributed by atoms with E-state index in [2.05, 4.69) is 46.4 Å². The molecule has 1 rings (SSSR count). The van der Waals surface area contributed by atoms with Gasteiger partial charge in [-0.2, -0.15) is 0 Å². The van der Waals surface area contributed by atoms with E-state index in [0.29, 0.717) is 6.23 Å². The van der Waals surface area contributed by atoms with Gasteiger partial charge in [0.1, 0.15) is 6.23 Å². The first-order valence-corrected chi connectivity index (χ1v) is 6.15. The van der Waals surface area contributed by atoms with Crippen molar-refractivity contribution in [2.45, 2.75) is 78.2 Å². The van der Waals surface area contributed by atoms with Crippen LogP contribution in [0.3, 0.4) is 0 Å². The van der Waals surface area contributed by atoms with Crippen molar-refractivity contribution < 1.29 is 4.74 Å². The maximum atomic E-state index is 6.14. The summed E-state index contributed by atoms with van der Waals surface area (Å²) < 4.78 is 6.14. The van der Waals surface area contributed by atoms with Crippen LogP contribution in [-0.4, -0.2) is 28.8 Å². The van der Waals surface area contributed by atoms with Crippen molar-refractivity contribution in [3.8, 4) is 0 Å². The quantitative estimate of drug-likeness (QED) is 0.662. The molecule has 15 heavy (non-hydrogen) atoms. The van der Waals surface area contributed by atoms with Gasteiger partial charge in [0.05, 0.1) is 5.60 Å². The second-order valence-corrected chi connectivity index (χ2v) is 6.54. The highest BCUT2D eigenvalue weighted by Crippen LogP contribution is 2.28. The number of hydrogen-bond acceptors (Lipinski definition) is 2. The molecule has 0 aromatic carbocycles. The Bertz CT molecular complexity index is 200. The molecule has 0 aliphatic carbocycles. The first-order valence-electron chi connectivity index (χ1n) is 6.15. The van der Waals surface area contributed by atoms with Crippen LogP contribution in [0, 0.1) is 0 Å². The van der Waals surface area contributed by atoms with Crippen LogP contribution in [0.5, 0.6) is 0 Å². The van der Waals surface area contributed by atoms with E-state index in [1.165, 1.54) is 25.8 Å². The molecule has 0 amide bonds. The van der Waals surface area contributed by atoms with Gasteiger partial charge in [-0.1, -0.05) is 0 Å². The Morgan fingerprint density at radius 2 is 1.60 bits per heavy atom. The summed E-state index contributed by atoms with van der Waals surface area (Å²) >= 11 is 0. The van der Waals surface area contributed by atoms with Crippen molar-refractivity contribution in [3.63, 3.8) is 0 Å². The number of rotatable bonds is 1. The van der Waals surface area contributed by atoms with E-state index >= 15 is 0 Å². The standard InChI is InChI=1S/C13H27NO/c1-12(2,3)14-10-8-7-9-11(14)15-13(4,5)6/h11H,7-10H2,1-6H3/t11-/m0/s1. The predicted molar refractivity (Wildman–Crippen MR) is 64.9 cm³/mol. The van der Waals surface area contributed by atoms with Gasteiger partial charge in [0.2, 0.25) is 0 Å². The molecule has 2 heteroatoms. The Hall–Kier alpha value is -0.0800. The smallest absolute Gasteiger partial charge is 0.111 e. The van der Waals surface area contributed by atoms with Crippen LogP contribution in [0.25, 0.3) is 0 Å². The van der Waals surface area contributed by atoms with Crippen LogP contribution in [0.15, 0.2) is 0 Å². The van der Waals surface area contributed by atoms with Crippen LogP contribution in [0.1, 0.15) is 60.8 Å². The van der Waals surface area contributed by atoms with Gasteiger partial charge < -0.3 is 4.74 Å². The van der Waals surface area contributed by atoms with E-state index in [1.54, 1.807) is 0 Å². The normalized spacial score (nSPS) is 25.6. The number of ether oxygens (including phenoxy) is 1. The zero-order valence-electron chi connectivity index (χ0n) is 11.3. The van der Waals surface area contributed by atoms with E-state index < -0.39 is 0 Å². The second kappa shape index (κ2) is 4.42. The summed E-state index contributed by atoms with van der Waals surface area (Å²) in [5.74, 6) is 0. The summed E-state index contributed by atoms with van der Waals surface area (Å²) in [4.78, 5) is 2.50. The SMILES string of the molecule is CC(C)(C)O[C@H]1CCCCN1C(C)(C)C. The third-order valence-corrected chi connectivity index (χ3v) is 2.80. The summed E-state index contributed by atoms with van der Waals surface area (Å²) in [5, 5.41) is 0. The van der Waals surface area contributed by atoms with Gasteiger partial charge in [-0.25, -0.2) is 0 Å². The lowest BCUT2D eigenvalue weighted by Gasteiger charge is -2.46. The van der Waals surface area contributed by atoms with Crippen molar-refractivity contribution in [1.29, 1.82) is 0 Å². The lowest BCUT2D eigenvalue weighted by Crippen LogP contribution is -2.53. The number of likely N-dealkylation sites (tertiary alicyclic amines) is 1. The molecule has 1 saturated heterocycles. The van der Waals surface area contributed by atoms with Crippen LogP contribution in [0.4, 0.5) is 0 Å². The average molecular weight is 213 g/mol. The van der Waals surface area contributed by atoms with Gasteiger partial charge in [0.15, 0.2) is 0 Å². The lowest BCUT2D eigenvalue weighted by molar-refractivity contribution is -0.170. The second-order valence-electron chi connectivity index (χ2n) is 6.54. The molecule has 0 spiro atoms. The fraction of sp³-hybridized carbons (Fsp3) is 1.00. The fourth-order valence-electron chi connectivity index (χ4n) is 2.20. The van der Waals surface area contributed by atoms with Crippen molar-refractivity contribution >= 4 is 0 Å². The van der Waals surface area contributed by atoms with Crippen molar-refractivity contribution in [2.75, 3.05) is 6.54 Å². The van der Waals surface area contributed by atoms with Gasteiger partial charge in [0, 0.05) is 12.1 Å². The Morgan fingerprint density at radius 1 is 1.00 bits per heavy atom. The molecule has 1 heterocycles. The van der Waals surface area contributed by atoms with Gasteiger partial charge in [0.25, 0.3) is 0 Å². The zero-order valence-corrected chi connectivity index (χ0v) is 11.3. The molecule has 2 nitrogen and oxygen atoms in total. The van der Waals surface area contributed by atoms with Gasteiger partial charge >= 0.3 is 0 Å². The Balaban J connectivity index is 2.66. The summed E-state index contributed by atoms with van der Waals surface area (Å²) in [7, 11) is 0. The maximum Gasteiger partial charge on any atom is 0.111 e. The van der Waals surface area contributed by atoms with E-state index in [9.17, 15) is 0 Å². The molecule has 1 aliphatic heterocycles. The summed E-state index contributed by atoms with van der Waals surface area (Å²) in [5.41, 5.74) is 0.182. The van der Waals surface area contributed by atoms with Crippen molar-refractivity contribution in [3.05, 3.63) is 0 Å². The molecule has 0 radical (unpaired) electrons. The predicted octanol–water partition coefficient (Wildman–Crippen LogP) is 3.41. The number of hydrogen-bond donors (Lipinski definition) is 0. The number of piperidine rings is 1. The van der Waals surface area contributed by atoms with Crippen molar-refractivity contribution in [1.82, 2.24) is 4.90 Å². The monoisotopic (exact) mass is 213 g/mol. The van der Waals surface area contributed by atoms with E-state index in [-0.39, 0.29) is 11.1 Å². The molecule has 0 bridgehead atoms. The topological polar surface area (TPSA) is 12.5 Å². The Morgan fingerprint density at radius 3 is 2.07 bits per heavy atom. The minimum atomic E-state index is -0.0362. The first kappa shape index (κ1) is 13.0. The minimum absolute atomic E-state index is 0.0362. The van der Waals surface area contributed by atoms with E-state index in [4.69, 9.17) is 4.74 Å². The molecule has 1 aliphatic rings. The first-order chi connectivity index (χ1) is 6.70. The van der Waals surface area contributed by atoms with Gasteiger partial charge in [-0.3, -0.25) is 4.90 Å². The molecule has 0 aromatic heterocycles. The summed E-state index contributed by atoms with van der Waals surface area (Å²) in [6.07, 6.45) is 4.09. The van der Waals surface area contributed by atoms with Gasteiger partial charge in [-0.05, 0) is 60.8 Å². The largest absolute Gasteiger partial charge is 0.358 e. The van der Waals surface area contributed by atoms with Gasteiger partial charge in [-0.15, -0.1) is 0 Å². The molecule has 0 N–H and O–H groups in total. The molecule has 1 fully saturated rings. The van der Waals surface area contributed by atoms with Crippen LogP contribution >= 0.6 is 0 Å². The van der Waals surface area contributed by atoms with Crippen LogP contribution in [-0.2, 0) is 4.74 Å². The highest BCUT2D eigenvalue weighted by molar-refractivity contribution is 4.83. The van der Waals surface area contributed by atoms with E-state index in [0.717, 1.165) is 0 Å². The third-order valence-electron chi connectivity index (χ3n) is 2.80. The van der Waals surface area contributed by atoms with Crippen LogP contribution in [0.2, 0.25) is 0 Å². The number of nitrogens with zero attached hydrogens (tertiary/aromatic N) is 1. The van der Waals surface area contributed by atoms with Crippen molar-refractivity contribution in [2.24, 2.45) is 0 Å². The highest BCUT2D eigenvalue weighted by atomic mass is 16.5. The zero-order chi connectivity index (χ0) is 11.7. The Kier molecular flexibility index (Phi) is 3.83. The molecule has 0 saturated carbocycles. The maximum absolute atomic E-state index is 6.14. The molecule has 0 unspecified atom stereocenters. The molecule has 0 aromatic rings. The van der Waals surface area contributed by atoms with E-state index in [1.807, 2.05) is 0 Å². The van der Waals surface area contributed by atoms with Crippen LogP contribution < -0.4 is 0 Å². The Labute approximate surface area is 95.0 Å². The third kappa shape index (κ3) is 4.12. The average Bonchev–Trinajstić information content (AvgIpc) is 1.99. The molecular formula is C13H27NO. The molecule has 90 valence electrons. The lowest BCUT2D eigenvalue weighted by atomic mass is 9.99. The minimum Gasteiger partial charge on any atom is -0.358 e. The fourth-order valence-corrected chi connectivity index (χ4v) is 2.20.